The van der Waals surface area contributed by atoms with Crippen molar-refractivity contribution < 1.29 is 35.9 Å². The number of allylic oxidation sites excluding steroid dienone is 1. The van der Waals surface area contributed by atoms with Gasteiger partial charge in [-0.25, -0.2) is 21.9 Å². The lowest BCUT2D eigenvalue weighted by atomic mass is 10.0. The molecule has 0 fully saturated rings. The molecule has 182 valence electrons. The van der Waals surface area contributed by atoms with Gasteiger partial charge in [-0.05, 0) is 30.7 Å². The number of carboxylic acid groups (broad SMARTS) is 1. The monoisotopic (exact) mass is 512 g/mol. The second-order valence-corrected chi connectivity index (χ2v) is 9.66. The first kappa shape index (κ1) is 26.6. The number of benzene rings is 1. The molecule has 0 aliphatic heterocycles. The summed E-state index contributed by atoms with van der Waals surface area (Å²) in [5.74, 6) is -1.01. The standard InChI is InChI=1S/C19H21ClF4N4O4S/c1-11-14(8-12-4-5-16(15(20)9-12)33(31,32)27(2)3)17(19(22,23)24)28(26-11)10-13(21)6-7-25-18(29)30/h4-6,9,25H,7-8,10H2,1-3H3,(H,29,30)/b13-6-. The number of nitrogens with one attached hydrogen (secondary N) is 1. The molecule has 8 nitrogen and oxygen atoms in total. The van der Waals surface area contributed by atoms with Crippen molar-refractivity contribution in [2.24, 2.45) is 0 Å². The van der Waals surface area contributed by atoms with E-state index in [0.29, 0.717) is 10.2 Å². The fraction of sp³-hybridized carbons (Fsp3) is 0.368. The van der Waals surface area contributed by atoms with Crippen LogP contribution in [-0.2, 0) is 29.2 Å². The molecule has 0 saturated heterocycles. The molecule has 1 heterocycles. The lowest BCUT2D eigenvalue weighted by molar-refractivity contribution is -0.144. The lowest BCUT2D eigenvalue weighted by Crippen LogP contribution is -2.22. The van der Waals surface area contributed by atoms with Gasteiger partial charge < -0.3 is 10.4 Å². The van der Waals surface area contributed by atoms with Crippen LogP contribution in [0.2, 0.25) is 5.02 Å². The zero-order chi connectivity index (χ0) is 25.1. The lowest BCUT2D eigenvalue weighted by Gasteiger charge is -2.15. The molecule has 0 atom stereocenters. The summed E-state index contributed by atoms with van der Waals surface area (Å²) in [5, 5.41) is 14.0. The third-order valence-corrected chi connectivity index (χ3v) is 6.83. The van der Waals surface area contributed by atoms with Crippen molar-refractivity contribution in [3.63, 3.8) is 0 Å². The molecular weight excluding hydrogens is 492 g/mol. The van der Waals surface area contributed by atoms with E-state index in [9.17, 15) is 30.8 Å². The molecule has 14 heteroatoms. The van der Waals surface area contributed by atoms with E-state index in [1.54, 1.807) is 0 Å². The van der Waals surface area contributed by atoms with Crippen LogP contribution >= 0.6 is 11.6 Å². The van der Waals surface area contributed by atoms with Gasteiger partial charge in [0.1, 0.15) is 16.4 Å². The Labute approximate surface area is 192 Å². The van der Waals surface area contributed by atoms with Crippen LogP contribution in [0.25, 0.3) is 0 Å². The summed E-state index contributed by atoms with van der Waals surface area (Å²) in [7, 11) is -1.21. The highest BCUT2D eigenvalue weighted by Crippen LogP contribution is 2.36. The minimum atomic E-state index is -4.87. The van der Waals surface area contributed by atoms with Gasteiger partial charge in [0.05, 0.1) is 17.3 Å². The minimum Gasteiger partial charge on any atom is -0.465 e. The highest BCUT2D eigenvalue weighted by molar-refractivity contribution is 7.89. The van der Waals surface area contributed by atoms with Crippen LogP contribution < -0.4 is 5.32 Å². The first-order chi connectivity index (χ1) is 15.1. The number of sulfonamides is 1. The Morgan fingerprint density at radius 3 is 2.48 bits per heavy atom. The van der Waals surface area contributed by atoms with Crippen LogP contribution in [0.5, 0.6) is 0 Å². The Balaban J connectivity index is 2.42. The van der Waals surface area contributed by atoms with Crippen molar-refractivity contribution in [1.82, 2.24) is 19.4 Å². The van der Waals surface area contributed by atoms with Gasteiger partial charge in [0.25, 0.3) is 0 Å². The number of carbonyl (C=O) groups is 1. The predicted molar refractivity (Wildman–Crippen MR) is 112 cm³/mol. The molecule has 0 bridgehead atoms. The quantitative estimate of drug-likeness (QED) is 0.523. The maximum absolute atomic E-state index is 14.1. The molecule has 2 aromatic rings. The van der Waals surface area contributed by atoms with E-state index < -0.39 is 46.9 Å². The fourth-order valence-electron chi connectivity index (χ4n) is 2.98. The van der Waals surface area contributed by atoms with Crippen LogP contribution in [-0.4, -0.2) is 54.3 Å². The molecule has 0 spiro atoms. The Morgan fingerprint density at radius 2 is 1.97 bits per heavy atom. The van der Waals surface area contributed by atoms with Gasteiger partial charge in [-0.3, -0.25) is 4.68 Å². The molecular formula is C19H21ClF4N4O4S. The van der Waals surface area contributed by atoms with Gasteiger partial charge in [-0.2, -0.15) is 18.3 Å². The Kier molecular flexibility index (Phi) is 8.14. The van der Waals surface area contributed by atoms with E-state index in [1.165, 1.54) is 39.2 Å². The van der Waals surface area contributed by atoms with Gasteiger partial charge in [-0.1, -0.05) is 17.7 Å². The zero-order valence-corrected chi connectivity index (χ0v) is 19.3. The summed E-state index contributed by atoms with van der Waals surface area (Å²) in [6, 6.07) is 3.81. The largest absolute Gasteiger partial charge is 0.465 e. The Morgan fingerprint density at radius 1 is 1.33 bits per heavy atom. The predicted octanol–water partition coefficient (Wildman–Crippen LogP) is 3.83. The number of rotatable bonds is 8. The average molecular weight is 513 g/mol. The van der Waals surface area contributed by atoms with Crippen LogP contribution in [0.3, 0.4) is 0 Å². The molecule has 0 aliphatic rings. The van der Waals surface area contributed by atoms with E-state index in [0.717, 1.165) is 10.4 Å². The van der Waals surface area contributed by atoms with Crippen LogP contribution in [0.4, 0.5) is 22.4 Å². The number of aromatic nitrogens is 2. The molecule has 0 unspecified atom stereocenters. The highest BCUT2D eigenvalue weighted by Gasteiger charge is 2.39. The maximum atomic E-state index is 14.1. The normalized spacial score (nSPS) is 12.9. The number of aryl methyl sites for hydroxylation is 1. The van der Waals surface area contributed by atoms with Gasteiger partial charge in [-0.15, -0.1) is 0 Å². The molecule has 33 heavy (non-hydrogen) atoms. The van der Waals surface area contributed by atoms with Crippen LogP contribution in [0.1, 0.15) is 22.5 Å². The van der Waals surface area contributed by atoms with Gasteiger partial charge in [0, 0.05) is 32.6 Å². The molecule has 2 N–H and O–H groups in total. The van der Waals surface area contributed by atoms with Crippen molar-refractivity contribution in [3.8, 4) is 0 Å². The number of halogens is 5. The zero-order valence-electron chi connectivity index (χ0n) is 17.7. The molecule has 0 saturated carbocycles. The number of hydrogen-bond acceptors (Lipinski definition) is 4. The number of hydrogen-bond donors (Lipinski definition) is 2. The van der Waals surface area contributed by atoms with Crippen molar-refractivity contribution >= 4 is 27.7 Å². The molecule has 1 amide bonds. The van der Waals surface area contributed by atoms with E-state index in [-0.39, 0.29) is 27.6 Å². The first-order valence-corrected chi connectivity index (χ1v) is 11.1. The third-order valence-electron chi connectivity index (χ3n) is 4.53. The number of amides is 1. The Bertz CT molecular complexity index is 1180. The fourth-order valence-corrected chi connectivity index (χ4v) is 4.42. The average Bonchev–Trinajstić information content (AvgIpc) is 2.96. The van der Waals surface area contributed by atoms with E-state index in [1.807, 2.05) is 5.32 Å². The molecule has 0 aliphatic carbocycles. The first-order valence-electron chi connectivity index (χ1n) is 9.30. The van der Waals surface area contributed by atoms with Gasteiger partial charge in [0.15, 0.2) is 0 Å². The molecule has 2 rings (SSSR count). The van der Waals surface area contributed by atoms with E-state index >= 15 is 0 Å². The van der Waals surface area contributed by atoms with E-state index in [2.05, 4.69) is 5.10 Å². The van der Waals surface area contributed by atoms with Crippen molar-refractivity contribution in [2.75, 3.05) is 20.6 Å². The maximum Gasteiger partial charge on any atom is 0.433 e. The van der Waals surface area contributed by atoms with Crippen molar-refractivity contribution in [3.05, 3.63) is 57.6 Å². The molecule has 1 aromatic carbocycles. The van der Waals surface area contributed by atoms with Crippen molar-refractivity contribution in [2.45, 2.75) is 31.0 Å². The van der Waals surface area contributed by atoms with Crippen LogP contribution in [0, 0.1) is 6.92 Å². The highest BCUT2D eigenvalue weighted by atomic mass is 35.5. The van der Waals surface area contributed by atoms with E-state index in [4.69, 9.17) is 16.7 Å². The number of alkyl halides is 3. The van der Waals surface area contributed by atoms with Gasteiger partial charge in [0.2, 0.25) is 10.0 Å². The summed E-state index contributed by atoms with van der Waals surface area (Å²) >= 11 is 6.08. The number of nitrogens with zero attached hydrogens (tertiary/aromatic N) is 3. The third kappa shape index (κ3) is 6.45. The SMILES string of the molecule is Cc1nn(C/C(F)=C/CNC(=O)O)c(C(F)(F)F)c1Cc1ccc(S(=O)(=O)N(C)C)c(Cl)c1. The van der Waals surface area contributed by atoms with Crippen LogP contribution in [0.15, 0.2) is 35.0 Å². The van der Waals surface area contributed by atoms with Crippen molar-refractivity contribution in [1.29, 1.82) is 0 Å². The minimum absolute atomic E-state index is 0.0000944. The summed E-state index contributed by atoms with van der Waals surface area (Å²) in [5.41, 5.74) is -1.10. The summed E-state index contributed by atoms with van der Waals surface area (Å²) in [4.78, 5) is 10.2. The summed E-state index contributed by atoms with van der Waals surface area (Å²) < 4.78 is 81.5. The second kappa shape index (κ2) is 10.1. The molecule has 1 aromatic heterocycles. The molecule has 0 radical (unpaired) electrons. The second-order valence-electron chi connectivity index (χ2n) is 7.13. The smallest absolute Gasteiger partial charge is 0.433 e. The Hall–Kier alpha value is -2.64. The van der Waals surface area contributed by atoms with Gasteiger partial charge >= 0.3 is 12.3 Å². The summed E-state index contributed by atoms with van der Waals surface area (Å²) in [6.45, 7) is 0.0647. The summed E-state index contributed by atoms with van der Waals surface area (Å²) in [6.07, 6.45) is -5.76. The topological polar surface area (TPSA) is 105 Å².